The van der Waals surface area contributed by atoms with Crippen molar-refractivity contribution in [2.45, 2.75) is 6.04 Å². The fourth-order valence-corrected chi connectivity index (χ4v) is 2.98. The number of ether oxygens (including phenoxy) is 1. The Kier molecular flexibility index (Phi) is 3.34. The van der Waals surface area contributed by atoms with Gasteiger partial charge in [-0.25, -0.2) is 13.4 Å². The predicted molar refractivity (Wildman–Crippen MR) is 66.6 cm³/mol. The molecule has 0 spiro atoms. The molecule has 0 aromatic carbocycles. The largest absolute Gasteiger partial charge is 0.480 e. The van der Waals surface area contributed by atoms with E-state index in [4.69, 9.17) is 4.74 Å². The zero-order valence-electron chi connectivity index (χ0n) is 8.92. The summed E-state index contributed by atoms with van der Waals surface area (Å²) in [5.41, 5.74) is 0. The summed E-state index contributed by atoms with van der Waals surface area (Å²) in [5, 5.41) is 4.10. The first-order valence-electron chi connectivity index (χ1n) is 4.74. The molecule has 0 saturated heterocycles. The Hall–Kier alpha value is -1.15. The second-order valence-corrected chi connectivity index (χ2v) is 6.25. The summed E-state index contributed by atoms with van der Waals surface area (Å²) in [4.78, 5) is 8.10. The molecule has 0 amide bonds. The third-order valence-corrected chi connectivity index (χ3v) is 4.09. The van der Waals surface area contributed by atoms with Gasteiger partial charge in [-0.1, -0.05) is 0 Å². The summed E-state index contributed by atoms with van der Waals surface area (Å²) in [6.45, 7) is 0. The fourth-order valence-electron chi connectivity index (χ4n) is 1.40. The van der Waals surface area contributed by atoms with E-state index in [2.05, 4.69) is 31.2 Å². The van der Waals surface area contributed by atoms with E-state index in [1.54, 1.807) is 12.3 Å². The number of sulfone groups is 1. The molecule has 1 unspecified atom stereocenters. The maximum Gasteiger partial charge on any atom is 0.232 e. The van der Waals surface area contributed by atoms with Gasteiger partial charge >= 0.3 is 0 Å². The smallest absolute Gasteiger partial charge is 0.232 e. The van der Waals surface area contributed by atoms with Crippen LogP contribution in [0, 0.1) is 0 Å². The molecule has 17 heavy (non-hydrogen) atoms. The lowest BCUT2D eigenvalue weighted by atomic mass is 10.3. The number of aromatic nitrogens is 2. The predicted octanol–water partition coefficient (Wildman–Crippen LogP) is 0.970. The molecular weight excluding hydrogens is 310 g/mol. The molecule has 1 atom stereocenters. The maximum absolute atomic E-state index is 11.2. The lowest BCUT2D eigenvalue weighted by Crippen LogP contribution is -2.22. The summed E-state index contributed by atoms with van der Waals surface area (Å²) in [6.07, 6.45) is 3.12. The summed E-state index contributed by atoms with van der Waals surface area (Å²) in [5.74, 6) is 0.749. The number of rotatable bonds is 3. The van der Waals surface area contributed by atoms with Crippen molar-refractivity contribution in [1.29, 1.82) is 0 Å². The summed E-state index contributed by atoms with van der Waals surface area (Å²) >= 11 is 3.23. The second kappa shape index (κ2) is 4.61. The third-order valence-electron chi connectivity index (χ3n) is 2.15. The second-order valence-electron chi connectivity index (χ2n) is 3.46. The topological polar surface area (TPSA) is 81.2 Å². The van der Waals surface area contributed by atoms with Gasteiger partial charge in [0.15, 0.2) is 9.84 Å². The molecule has 6 nitrogen and oxygen atoms in total. The Morgan fingerprint density at radius 1 is 1.59 bits per heavy atom. The molecule has 0 saturated carbocycles. The minimum absolute atomic E-state index is 0.0226. The van der Waals surface area contributed by atoms with Crippen LogP contribution < -0.4 is 10.1 Å². The molecule has 1 aromatic heterocycles. The Labute approximate surface area is 107 Å². The average Bonchev–Trinajstić information content (AvgIpc) is 2.61. The number of halogens is 1. The zero-order valence-corrected chi connectivity index (χ0v) is 11.3. The SMILES string of the molecule is COc1nc(NC2C=CS(=O)(=O)C2)ncc1Br. The summed E-state index contributed by atoms with van der Waals surface area (Å²) in [7, 11) is -1.58. The molecule has 0 fully saturated rings. The van der Waals surface area contributed by atoms with Crippen LogP contribution in [-0.2, 0) is 9.84 Å². The van der Waals surface area contributed by atoms with Crippen molar-refractivity contribution in [3.8, 4) is 5.88 Å². The van der Waals surface area contributed by atoms with Crippen LogP contribution in [-0.4, -0.2) is 37.3 Å². The number of nitrogens with one attached hydrogen (secondary N) is 1. The first-order chi connectivity index (χ1) is 8.00. The van der Waals surface area contributed by atoms with Crippen molar-refractivity contribution >= 4 is 31.7 Å². The number of anilines is 1. The fraction of sp³-hybridized carbons (Fsp3) is 0.333. The van der Waals surface area contributed by atoms with E-state index >= 15 is 0 Å². The van der Waals surface area contributed by atoms with Gasteiger partial charge in [-0.05, 0) is 22.0 Å². The van der Waals surface area contributed by atoms with E-state index in [9.17, 15) is 8.42 Å². The Morgan fingerprint density at radius 3 is 2.94 bits per heavy atom. The van der Waals surface area contributed by atoms with E-state index in [1.807, 2.05) is 0 Å². The summed E-state index contributed by atoms with van der Waals surface area (Å²) in [6, 6.07) is -0.300. The van der Waals surface area contributed by atoms with Crippen molar-refractivity contribution in [2.24, 2.45) is 0 Å². The number of methoxy groups -OCH3 is 1. The van der Waals surface area contributed by atoms with Crippen molar-refractivity contribution < 1.29 is 13.2 Å². The molecule has 2 heterocycles. The van der Waals surface area contributed by atoms with Crippen molar-refractivity contribution in [3.05, 3.63) is 22.2 Å². The van der Waals surface area contributed by atoms with Crippen LogP contribution >= 0.6 is 15.9 Å². The molecular formula is C9H10BrN3O3S. The minimum atomic E-state index is -3.08. The van der Waals surface area contributed by atoms with Crippen LogP contribution in [0.3, 0.4) is 0 Å². The van der Waals surface area contributed by atoms with Gasteiger partial charge in [0.05, 0.1) is 29.6 Å². The molecule has 92 valence electrons. The quantitative estimate of drug-likeness (QED) is 0.894. The molecule has 1 aliphatic heterocycles. The number of nitrogens with zero attached hydrogens (tertiary/aromatic N) is 2. The normalized spacial score (nSPS) is 21.4. The Bertz CT molecular complexity index is 559. The van der Waals surface area contributed by atoms with Gasteiger partial charge in [0.1, 0.15) is 0 Å². The van der Waals surface area contributed by atoms with Gasteiger partial charge < -0.3 is 10.1 Å². The molecule has 0 bridgehead atoms. The highest BCUT2D eigenvalue weighted by atomic mass is 79.9. The van der Waals surface area contributed by atoms with E-state index in [0.717, 1.165) is 0 Å². The average molecular weight is 320 g/mol. The Morgan fingerprint density at radius 2 is 2.35 bits per heavy atom. The zero-order chi connectivity index (χ0) is 12.5. The number of hydrogen-bond donors (Lipinski definition) is 1. The van der Waals surface area contributed by atoms with E-state index in [-0.39, 0.29) is 11.8 Å². The van der Waals surface area contributed by atoms with E-state index < -0.39 is 9.84 Å². The monoisotopic (exact) mass is 319 g/mol. The van der Waals surface area contributed by atoms with Crippen LogP contribution in [0.15, 0.2) is 22.2 Å². The van der Waals surface area contributed by atoms with Gasteiger partial charge in [-0.15, -0.1) is 0 Å². The van der Waals surface area contributed by atoms with Crippen LogP contribution in [0.2, 0.25) is 0 Å². The lowest BCUT2D eigenvalue weighted by Gasteiger charge is -2.10. The molecule has 1 aromatic rings. The van der Waals surface area contributed by atoms with Crippen LogP contribution in [0.4, 0.5) is 5.95 Å². The van der Waals surface area contributed by atoms with E-state index in [1.165, 1.54) is 12.5 Å². The van der Waals surface area contributed by atoms with Gasteiger partial charge in [0, 0.05) is 5.41 Å². The van der Waals surface area contributed by atoms with Crippen LogP contribution in [0.5, 0.6) is 5.88 Å². The van der Waals surface area contributed by atoms with Gasteiger partial charge in [-0.3, -0.25) is 0 Å². The standard InChI is InChI=1S/C9H10BrN3O3S/c1-16-8-7(10)4-11-9(13-8)12-6-2-3-17(14,15)5-6/h2-4,6H,5H2,1H3,(H,11,12,13). The van der Waals surface area contributed by atoms with Crippen molar-refractivity contribution in [3.63, 3.8) is 0 Å². The van der Waals surface area contributed by atoms with E-state index in [0.29, 0.717) is 16.3 Å². The summed E-state index contributed by atoms with van der Waals surface area (Å²) < 4.78 is 28.1. The molecule has 1 N–H and O–H groups in total. The highest BCUT2D eigenvalue weighted by molar-refractivity contribution is 9.10. The Balaban J connectivity index is 2.13. The van der Waals surface area contributed by atoms with Gasteiger partial charge in [-0.2, -0.15) is 4.98 Å². The molecule has 0 radical (unpaired) electrons. The molecule has 8 heteroatoms. The highest BCUT2D eigenvalue weighted by Crippen LogP contribution is 2.22. The minimum Gasteiger partial charge on any atom is -0.480 e. The molecule has 0 aliphatic carbocycles. The van der Waals surface area contributed by atoms with Crippen LogP contribution in [0.1, 0.15) is 0 Å². The number of hydrogen-bond acceptors (Lipinski definition) is 6. The molecule has 2 rings (SSSR count). The van der Waals surface area contributed by atoms with Gasteiger partial charge in [0.25, 0.3) is 0 Å². The highest BCUT2D eigenvalue weighted by Gasteiger charge is 2.22. The van der Waals surface area contributed by atoms with Crippen molar-refractivity contribution in [1.82, 2.24) is 9.97 Å². The van der Waals surface area contributed by atoms with Crippen molar-refractivity contribution in [2.75, 3.05) is 18.2 Å². The first-order valence-corrected chi connectivity index (χ1v) is 7.25. The first kappa shape index (κ1) is 12.3. The lowest BCUT2D eigenvalue weighted by molar-refractivity contribution is 0.394. The third kappa shape index (κ3) is 2.95. The maximum atomic E-state index is 11.2. The van der Waals surface area contributed by atoms with Crippen LogP contribution in [0.25, 0.3) is 0 Å². The van der Waals surface area contributed by atoms with Gasteiger partial charge in [0.2, 0.25) is 11.8 Å². The molecule has 1 aliphatic rings.